The minimum Gasteiger partial charge on any atom is -0.491 e. The molecule has 0 saturated carbocycles. The first-order valence-corrected chi connectivity index (χ1v) is 4.90. The summed E-state index contributed by atoms with van der Waals surface area (Å²) in [4.78, 5) is 0. The van der Waals surface area contributed by atoms with Gasteiger partial charge in [0.05, 0.1) is 14.2 Å². The molecule has 1 aliphatic heterocycles. The van der Waals surface area contributed by atoms with Gasteiger partial charge in [0, 0.05) is 11.8 Å². The summed E-state index contributed by atoms with van der Waals surface area (Å²) in [6.45, 7) is 0. The largest absolute Gasteiger partial charge is 0.491 e. The molecule has 0 radical (unpaired) electrons. The number of hydrogen-bond acceptors (Lipinski definition) is 5. The molecule has 0 saturated heterocycles. The van der Waals surface area contributed by atoms with Crippen LogP contribution in [0.25, 0.3) is 11.3 Å². The van der Waals surface area contributed by atoms with Crippen LogP contribution >= 0.6 is 0 Å². The molecule has 2 rings (SSSR count). The average Bonchev–Trinajstić information content (AvgIpc) is 2.33. The quantitative estimate of drug-likeness (QED) is 0.532. The Bertz CT molecular complexity index is 592. The summed E-state index contributed by atoms with van der Waals surface area (Å²) >= 11 is 0. The Morgan fingerprint density at radius 2 is 1.94 bits per heavy atom. The summed E-state index contributed by atoms with van der Waals surface area (Å²) in [6.07, 6.45) is 1.43. The lowest BCUT2D eigenvalue weighted by molar-refractivity contribution is 0.189. The summed E-state index contributed by atoms with van der Waals surface area (Å²) in [5, 5.41) is 17.8. The van der Waals surface area contributed by atoms with E-state index in [0.29, 0.717) is 11.3 Å². The van der Waals surface area contributed by atoms with Crippen LogP contribution in [0.4, 0.5) is 5.69 Å². The molecule has 0 aromatic carbocycles. The van der Waals surface area contributed by atoms with Crippen molar-refractivity contribution in [2.75, 3.05) is 20.0 Å². The van der Waals surface area contributed by atoms with Crippen LogP contribution in [0.5, 0.6) is 11.5 Å². The molecule has 17 heavy (non-hydrogen) atoms. The zero-order valence-corrected chi connectivity index (χ0v) is 9.52. The predicted octanol–water partition coefficient (Wildman–Crippen LogP) is 0.909. The monoisotopic (exact) mass is 235 g/mol. The number of ether oxygens (including phenoxy) is 2. The number of nitrogens with zero attached hydrogens (tertiary/aromatic N) is 1. The molecule has 0 amide bonds. The second-order valence-corrected chi connectivity index (χ2v) is 3.47. The highest BCUT2D eigenvalue weighted by Gasteiger charge is 2.22. The number of pyridine rings is 1. The molecule has 0 aromatic heterocycles. The standard InChI is InChI=1S/C11H13N3O3/c1-16-10-7(12)6-4-3-5-14(15)9(6)8(13)11(10)17-2/h3-5,12,15H,13H2,1-2H3. The van der Waals surface area contributed by atoms with Gasteiger partial charge in [-0.1, -0.05) is 0 Å². The Labute approximate surface area is 97.6 Å². The van der Waals surface area contributed by atoms with Gasteiger partial charge in [-0.2, -0.15) is 4.73 Å². The van der Waals surface area contributed by atoms with Gasteiger partial charge in [0.25, 0.3) is 0 Å². The van der Waals surface area contributed by atoms with Crippen LogP contribution in [0, 0.1) is 5.41 Å². The van der Waals surface area contributed by atoms with Gasteiger partial charge in [0.1, 0.15) is 16.7 Å². The van der Waals surface area contributed by atoms with Gasteiger partial charge >= 0.3 is 0 Å². The highest BCUT2D eigenvalue weighted by Crippen LogP contribution is 2.38. The molecule has 90 valence electrons. The Balaban J connectivity index is 2.99. The third kappa shape index (κ3) is 1.45. The van der Waals surface area contributed by atoms with E-state index in [2.05, 4.69) is 0 Å². The van der Waals surface area contributed by atoms with E-state index < -0.39 is 0 Å². The number of methoxy groups -OCH3 is 2. The lowest BCUT2D eigenvalue weighted by atomic mass is 10.1. The summed E-state index contributed by atoms with van der Waals surface area (Å²) in [5.74, 6) is 0.503. The number of hydrogen-bond donors (Lipinski definition) is 3. The number of aromatic nitrogens is 1. The molecule has 6 nitrogen and oxygen atoms in total. The zero-order valence-electron chi connectivity index (χ0n) is 9.52. The Hall–Kier alpha value is -2.37. The average molecular weight is 235 g/mol. The van der Waals surface area contributed by atoms with Crippen LogP contribution < -0.4 is 20.6 Å². The summed E-state index contributed by atoms with van der Waals surface area (Å²) in [5.41, 5.74) is 6.96. The van der Waals surface area contributed by atoms with Crippen LogP contribution in [0.3, 0.4) is 0 Å². The maximum atomic E-state index is 9.72. The van der Waals surface area contributed by atoms with Crippen molar-refractivity contribution in [3.8, 4) is 22.8 Å². The molecular formula is C11H13N3O3. The summed E-state index contributed by atoms with van der Waals surface area (Å²) in [6, 6.07) is 3.30. The molecule has 0 spiro atoms. The van der Waals surface area contributed by atoms with Crippen LogP contribution in [0.2, 0.25) is 0 Å². The number of rotatable bonds is 2. The highest BCUT2D eigenvalue weighted by atomic mass is 16.5. The lowest BCUT2D eigenvalue weighted by Gasteiger charge is -2.18. The van der Waals surface area contributed by atoms with Gasteiger partial charge < -0.3 is 20.4 Å². The van der Waals surface area contributed by atoms with E-state index >= 15 is 0 Å². The minimum absolute atomic E-state index is 0.122. The first-order valence-electron chi connectivity index (χ1n) is 4.90. The van der Waals surface area contributed by atoms with Crippen LogP contribution in [-0.4, -0.2) is 24.2 Å². The van der Waals surface area contributed by atoms with Gasteiger partial charge in [-0.15, -0.1) is 0 Å². The van der Waals surface area contributed by atoms with E-state index in [1.165, 1.54) is 20.4 Å². The van der Waals surface area contributed by atoms with E-state index in [0.717, 1.165) is 4.73 Å². The smallest absolute Gasteiger partial charge is 0.188 e. The summed E-state index contributed by atoms with van der Waals surface area (Å²) in [7, 11) is 2.88. The van der Waals surface area contributed by atoms with Gasteiger partial charge in [-0.05, 0) is 12.1 Å². The molecule has 2 aliphatic rings. The second-order valence-electron chi connectivity index (χ2n) is 3.47. The molecule has 0 fully saturated rings. The van der Waals surface area contributed by atoms with Gasteiger partial charge in [0.15, 0.2) is 11.5 Å². The van der Waals surface area contributed by atoms with Crippen LogP contribution in [-0.2, 0) is 0 Å². The first-order chi connectivity index (χ1) is 8.11. The predicted molar refractivity (Wildman–Crippen MR) is 61.6 cm³/mol. The van der Waals surface area contributed by atoms with Crippen molar-refractivity contribution >= 4 is 5.69 Å². The SMILES string of the molecule is COc1c(N)c2n(O)cccc-2c(=N)c1OC. The molecule has 1 heterocycles. The van der Waals surface area contributed by atoms with Crippen molar-refractivity contribution in [3.05, 3.63) is 23.7 Å². The Morgan fingerprint density at radius 1 is 1.29 bits per heavy atom. The number of anilines is 1. The fraction of sp³-hybridized carbons (Fsp3) is 0.182. The maximum absolute atomic E-state index is 9.72. The molecule has 4 N–H and O–H groups in total. The fourth-order valence-electron chi connectivity index (χ4n) is 1.83. The molecular weight excluding hydrogens is 222 g/mol. The second kappa shape index (κ2) is 3.89. The topological polar surface area (TPSA) is 93.5 Å². The molecule has 1 aliphatic carbocycles. The molecule has 0 atom stereocenters. The van der Waals surface area contributed by atoms with Crippen molar-refractivity contribution < 1.29 is 14.7 Å². The number of nitrogens with two attached hydrogens (primary N) is 1. The third-order valence-electron chi connectivity index (χ3n) is 2.59. The van der Waals surface area contributed by atoms with Crippen molar-refractivity contribution in [2.45, 2.75) is 0 Å². The molecule has 0 aromatic rings. The van der Waals surface area contributed by atoms with E-state index in [9.17, 15) is 5.21 Å². The maximum Gasteiger partial charge on any atom is 0.188 e. The van der Waals surface area contributed by atoms with Crippen molar-refractivity contribution in [3.63, 3.8) is 0 Å². The molecule has 0 unspecified atom stereocenters. The number of fused-ring (bicyclic) bond motifs is 1. The number of nitrogens with one attached hydrogen (secondary N) is 1. The van der Waals surface area contributed by atoms with Gasteiger partial charge in [0.2, 0.25) is 0 Å². The van der Waals surface area contributed by atoms with Crippen molar-refractivity contribution in [1.82, 2.24) is 4.73 Å². The Kier molecular flexibility index (Phi) is 2.55. The third-order valence-corrected chi connectivity index (χ3v) is 2.59. The lowest BCUT2D eigenvalue weighted by Crippen LogP contribution is -2.17. The normalized spacial score (nSPS) is 10.5. The van der Waals surface area contributed by atoms with Crippen molar-refractivity contribution in [1.29, 1.82) is 5.41 Å². The minimum atomic E-state index is 0.122. The zero-order chi connectivity index (χ0) is 12.6. The van der Waals surface area contributed by atoms with Gasteiger partial charge in [-0.25, -0.2) is 0 Å². The molecule has 6 heteroatoms. The van der Waals surface area contributed by atoms with Crippen LogP contribution in [0.15, 0.2) is 18.3 Å². The van der Waals surface area contributed by atoms with E-state index in [-0.39, 0.29) is 22.5 Å². The Morgan fingerprint density at radius 3 is 2.53 bits per heavy atom. The van der Waals surface area contributed by atoms with E-state index in [4.69, 9.17) is 20.6 Å². The van der Waals surface area contributed by atoms with Gasteiger partial charge in [-0.3, -0.25) is 5.41 Å². The number of benzene rings is 1. The van der Waals surface area contributed by atoms with E-state index in [1.807, 2.05) is 0 Å². The fourth-order valence-corrected chi connectivity index (χ4v) is 1.83. The van der Waals surface area contributed by atoms with Crippen LogP contribution in [0.1, 0.15) is 0 Å². The first kappa shape index (κ1) is 11.1. The highest BCUT2D eigenvalue weighted by molar-refractivity contribution is 5.82. The number of nitrogen functional groups attached to an aromatic ring is 1. The van der Waals surface area contributed by atoms with E-state index in [1.54, 1.807) is 12.1 Å². The van der Waals surface area contributed by atoms with Crippen molar-refractivity contribution in [2.24, 2.45) is 0 Å². The molecule has 0 bridgehead atoms. The summed E-state index contributed by atoms with van der Waals surface area (Å²) < 4.78 is 11.1.